The van der Waals surface area contributed by atoms with E-state index in [1.165, 1.54) is 0 Å². The van der Waals surface area contributed by atoms with Gasteiger partial charge in [0.05, 0.1) is 24.6 Å². The van der Waals surface area contributed by atoms with Crippen molar-refractivity contribution in [3.05, 3.63) is 0 Å². The highest BCUT2D eigenvalue weighted by Crippen LogP contribution is 2.30. The first-order valence-electron chi connectivity index (χ1n) is 6.32. The number of nitrogens with two attached hydrogens (primary N) is 1. The summed E-state index contributed by atoms with van der Waals surface area (Å²) < 4.78 is 0. The summed E-state index contributed by atoms with van der Waals surface area (Å²) in [5.74, 6) is 0.153. The third-order valence-electron chi connectivity index (χ3n) is 4.08. The van der Waals surface area contributed by atoms with Gasteiger partial charge in [-0.15, -0.1) is 0 Å². The number of amides is 1. The van der Waals surface area contributed by atoms with E-state index < -0.39 is 5.60 Å². The van der Waals surface area contributed by atoms with Gasteiger partial charge < -0.3 is 15.7 Å². The Labute approximate surface area is 96.8 Å². The standard InChI is InChI=1S/C12H22N2O2/c1-2-12(16)7-14(8-12)11(15)9-5-3-4-6-10(9)13/h9-10,16H,2-8,13H2,1H3. The number of β-amino-alcohol motifs (C(OH)–C–C–N with tert-alkyl or cyclic N) is 1. The van der Waals surface area contributed by atoms with E-state index in [-0.39, 0.29) is 17.9 Å². The van der Waals surface area contributed by atoms with Crippen LogP contribution >= 0.6 is 0 Å². The summed E-state index contributed by atoms with van der Waals surface area (Å²) in [5.41, 5.74) is 5.36. The second-order valence-electron chi connectivity index (χ2n) is 5.33. The van der Waals surface area contributed by atoms with Crippen LogP contribution in [-0.4, -0.2) is 40.6 Å². The van der Waals surface area contributed by atoms with Crippen molar-refractivity contribution in [2.75, 3.05) is 13.1 Å². The average molecular weight is 226 g/mol. The molecule has 1 saturated heterocycles. The first-order valence-corrected chi connectivity index (χ1v) is 6.32. The number of hydrogen-bond acceptors (Lipinski definition) is 3. The lowest BCUT2D eigenvalue weighted by molar-refractivity contribution is -0.161. The van der Waals surface area contributed by atoms with Gasteiger partial charge in [0.25, 0.3) is 0 Å². The number of carbonyl (C=O) groups excluding carboxylic acids is 1. The molecule has 1 aliphatic carbocycles. The first-order chi connectivity index (χ1) is 7.56. The molecule has 1 saturated carbocycles. The van der Waals surface area contributed by atoms with Gasteiger partial charge in [-0.3, -0.25) is 4.79 Å². The summed E-state index contributed by atoms with van der Waals surface area (Å²) >= 11 is 0. The zero-order chi connectivity index (χ0) is 11.8. The van der Waals surface area contributed by atoms with Gasteiger partial charge in [-0.1, -0.05) is 19.8 Å². The molecule has 1 aliphatic heterocycles. The predicted molar refractivity (Wildman–Crippen MR) is 61.8 cm³/mol. The summed E-state index contributed by atoms with van der Waals surface area (Å²) in [6, 6.07) is 0.0246. The summed E-state index contributed by atoms with van der Waals surface area (Å²) in [4.78, 5) is 13.9. The van der Waals surface area contributed by atoms with E-state index in [4.69, 9.17) is 5.73 Å². The molecule has 1 amide bonds. The molecule has 0 bridgehead atoms. The monoisotopic (exact) mass is 226 g/mol. The molecule has 0 aromatic carbocycles. The fourth-order valence-electron chi connectivity index (χ4n) is 2.74. The molecule has 0 aromatic heterocycles. The Hall–Kier alpha value is -0.610. The van der Waals surface area contributed by atoms with Gasteiger partial charge in [0.15, 0.2) is 0 Å². The minimum absolute atomic E-state index is 0.00449. The predicted octanol–water partition coefficient (Wildman–Crippen LogP) is 0.487. The number of likely N-dealkylation sites (tertiary alicyclic amines) is 1. The van der Waals surface area contributed by atoms with Crippen molar-refractivity contribution in [3.8, 4) is 0 Å². The van der Waals surface area contributed by atoms with Gasteiger partial charge in [-0.2, -0.15) is 0 Å². The average Bonchev–Trinajstić information content (AvgIpc) is 2.24. The number of aliphatic hydroxyl groups is 1. The van der Waals surface area contributed by atoms with Crippen LogP contribution < -0.4 is 5.73 Å². The largest absolute Gasteiger partial charge is 0.386 e. The van der Waals surface area contributed by atoms with Crippen molar-refractivity contribution in [3.63, 3.8) is 0 Å². The van der Waals surface area contributed by atoms with E-state index in [0.29, 0.717) is 19.5 Å². The quantitative estimate of drug-likeness (QED) is 0.720. The second-order valence-corrected chi connectivity index (χ2v) is 5.33. The van der Waals surface area contributed by atoms with Crippen LogP contribution in [0.3, 0.4) is 0 Å². The smallest absolute Gasteiger partial charge is 0.227 e. The Kier molecular flexibility index (Phi) is 3.22. The minimum Gasteiger partial charge on any atom is -0.386 e. The van der Waals surface area contributed by atoms with E-state index in [1.54, 1.807) is 4.90 Å². The van der Waals surface area contributed by atoms with Crippen LogP contribution in [0.4, 0.5) is 0 Å². The third kappa shape index (κ3) is 2.09. The molecule has 92 valence electrons. The van der Waals surface area contributed by atoms with Crippen LogP contribution in [0.15, 0.2) is 0 Å². The van der Waals surface area contributed by atoms with Crippen LogP contribution in [0.2, 0.25) is 0 Å². The highest BCUT2D eigenvalue weighted by atomic mass is 16.3. The molecule has 4 nitrogen and oxygen atoms in total. The zero-order valence-corrected chi connectivity index (χ0v) is 9.98. The Morgan fingerprint density at radius 3 is 2.62 bits per heavy atom. The molecule has 2 unspecified atom stereocenters. The van der Waals surface area contributed by atoms with Crippen molar-refractivity contribution in [2.45, 2.75) is 50.7 Å². The molecular weight excluding hydrogens is 204 g/mol. The molecule has 2 aliphatic rings. The summed E-state index contributed by atoms with van der Waals surface area (Å²) in [7, 11) is 0. The summed E-state index contributed by atoms with van der Waals surface area (Å²) in [6.07, 6.45) is 4.84. The molecule has 1 heterocycles. The van der Waals surface area contributed by atoms with Crippen LogP contribution in [0.5, 0.6) is 0 Å². The first kappa shape index (κ1) is 11.9. The van der Waals surface area contributed by atoms with E-state index in [0.717, 1.165) is 25.7 Å². The molecule has 3 N–H and O–H groups in total. The van der Waals surface area contributed by atoms with Crippen molar-refractivity contribution in [1.29, 1.82) is 0 Å². The Morgan fingerprint density at radius 2 is 2.06 bits per heavy atom. The second kappa shape index (κ2) is 4.34. The lowest BCUT2D eigenvalue weighted by Crippen LogP contribution is -2.65. The zero-order valence-electron chi connectivity index (χ0n) is 9.98. The Balaban J connectivity index is 1.89. The van der Waals surface area contributed by atoms with E-state index >= 15 is 0 Å². The van der Waals surface area contributed by atoms with Crippen molar-refractivity contribution >= 4 is 5.91 Å². The lowest BCUT2D eigenvalue weighted by Gasteiger charge is -2.48. The molecule has 0 radical (unpaired) electrons. The van der Waals surface area contributed by atoms with Crippen LogP contribution in [-0.2, 0) is 4.79 Å². The molecule has 2 atom stereocenters. The molecule has 2 rings (SSSR count). The van der Waals surface area contributed by atoms with E-state index in [2.05, 4.69) is 0 Å². The van der Waals surface area contributed by atoms with Gasteiger partial charge in [-0.05, 0) is 19.3 Å². The van der Waals surface area contributed by atoms with Gasteiger partial charge in [-0.25, -0.2) is 0 Å². The van der Waals surface area contributed by atoms with Gasteiger partial charge >= 0.3 is 0 Å². The van der Waals surface area contributed by atoms with Gasteiger partial charge in [0.1, 0.15) is 0 Å². The van der Waals surface area contributed by atoms with Crippen molar-refractivity contribution < 1.29 is 9.90 Å². The SMILES string of the molecule is CCC1(O)CN(C(=O)C2CCCCC2N)C1. The number of hydrogen-bond donors (Lipinski definition) is 2. The summed E-state index contributed by atoms with van der Waals surface area (Å²) in [6.45, 7) is 2.94. The van der Waals surface area contributed by atoms with Crippen LogP contribution in [0.25, 0.3) is 0 Å². The molecule has 2 fully saturated rings. The maximum Gasteiger partial charge on any atom is 0.227 e. The normalized spacial score (nSPS) is 33.3. The topological polar surface area (TPSA) is 66.6 Å². The summed E-state index contributed by atoms with van der Waals surface area (Å²) in [5, 5.41) is 9.88. The molecule has 0 spiro atoms. The van der Waals surface area contributed by atoms with E-state index in [9.17, 15) is 9.90 Å². The Bertz CT molecular complexity index is 274. The van der Waals surface area contributed by atoms with E-state index in [1.807, 2.05) is 6.92 Å². The van der Waals surface area contributed by atoms with Crippen LogP contribution in [0, 0.1) is 5.92 Å². The third-order valence-corrected chi connectivity index (χ3v) is 4.08. The highest BCUT2D eigenvalue weighted by Gasteiger charge is 2.44. The Morgan fingerprint density at radius 1 is 1.44 bits per heavy atom. The fourth-order valence-corrected chi connectivity index (χ4v) is 2.74. The molecule has 4 heteroatoms. The minimum atomic E-state index is -0.631. The van der Waals surface area contributed by atoms with Crippen molar-refractivity contribution in [1.82, 2.24) is 4.90 Å². The fraction of sp³-hybridized carbons (Fsp3) is 0.917. The molecule has 0 aromatic rings. The number of rotatable bonds is 2. The van der Waals surface area contributed by atoms with Gasteiger partial charge in [0, 0.05) is 6.04 Å². The molecular formula is C12H22N2O2. The van der Waals surface area contributed by atoms with Crippen molar-refractivity contribution in [2.24, 2.45) is 11.7 Å². The number of carbonyl (C=O) groups is 1. The molecule has 16 heavy (non-hydrogen) atoms. The maximum atomic E-state index is 12.1. The van der Waals surface area contributed by atoms with Crippen LogP contribution in [0.1, 0.15) is 39.0 Å². The lowest BCUT2D eigenvalue weighted by atomic mass is 9.82. The van der Waals surface area contributed by atoms with Gasteiger partial charge in [0.2, 0.25) is 5.91 Å². The maximum absolute atomic E-state index is 12.1. The highest BCUT2D eigenvalue weighted by molar-refractivity contribution is 5.80. The number of nitrogens with zero attached hydrogens (tertiary/aromatic N) is 1.